The summed E-state index contributed by atoms with van der Waals surface area (Å²) >= 11 is 3.36. The molecule has 1 rings (SSSR count). The molecule has 1 aromatic heterocycles. The molecule has 1 heterocycles. The fraction of sp³-hybridized carbons (Fsp3) is 0.462. The summed E-state index contributed by atoms with van der Waals surface area (Å²) < 4.78 is 0.898. The summed E-state index contributed by atoms with van der Waals surface area (Å²) in [7, 11) is 3.28. The van der Waals surface area contributed by atoms with Crippen LogP contribution in [0.4, 0.5) is 10.6 Å². The number of nitrogens with one attached hydrogen (secondary N) is 2. The maximum atomic E-state index is 11.9. The molecule has 0 fully saturated rings. The number of hydrogen-bond donors (Lipinski definition) is 2. The molecule has 0 aliphatic heterocycles. The van der Waals surface area contributed by atoms with Gasteiger partial charge in [0.25, 0.3) is 0 Å². The Morgan fingerprint density at radius 1 is 1.40 bits per heavy atom. The summed E-state index contributed by atoms with van der Waals surface area (Å²) in [5.74, 6) is 0.484. The second-order valence-corrected chi connectivity index (χ2v) is 5.25. The molecule has 0 aliphatic carbocycles. The number of amides is 3. The lowest BCUT2D eigenvalue weighted by molar-refractivity contribution is -0.120. The molecule has 110 valence electrons. The van der Waals surface area contributed by atoms with E-state index in [4.69, 9.17) is 0 Å². The van der Waals surface area contributed by atoms with E-state index in [1.54, 1.807) is 20.2 Å². The predicted molar refractivity (Wildman–Crippen MR) is 81.6 cm³/mol. The molecule has 0 saturated carbocycles. The molecule has 0 atom stereocenters. The van der Waals surface area contributed by atoms with Gasteiger partial charge in [0.05, 0.1) is 5.69 Å². The minimum atomic E-state index is -0.240. The Hall–Kier alpha value is -1.63. The van der Waals surface area contributed by atoms with E-state index in [1.807, 2.05) is 13.0 Å². The smallest absolute Gasteiger partial charge is 0.322 e. The van der Waals surface area contributed by atoms with Crippen LogP contribution in [-0.2, 0) is 4.79 Å². The first-order valence-corrected chi connectivity index (χ1v) is 7.09. The van der Waals surface area contributed by atoms with E-state index >= 15 is 0 Å². The maximum Gasteiger partial charge on any atom is 0.322 e. The van der Waals surface area contributed by atoms with Crippen molar-refractivity contribution in [2.24, 2.45) is 0 Å². The largest absolute Gasteiger partial charge is 0.359 e. The van der Waals surface area contributed by atoms with Crippen molar-refractivity contribution in [2.75, 3.05) is 26.0 Å². The number of carbonyl (C=O) groups is 2. The molecule has 3 amide bonds. The molecule has 2 N–H and O–H groups in total. The minimum Gasteiger partial charge on any atom is -0.359 e. The number of carbonyl (C=O) groups excluding carboxylic acids is 2. The Morgan fingerprint density at radius 2 is 2.10 bits per heavy atom. The van der Waals surface area contributed by atoms with E-state index in [0.29, 0.717) is 25.2 Å². The second-order valence-electron chi connectivity index (χ2n) is 4.39. The van der Waals surface area contributed by atoms with E-state index < -0.39 is 0 Å². The van der Waals surface area contributed by atoms with Gasteiger partial charge in [-0.15, -0.1) is 0 Å². The van der Waals surface area contributed by atoms with E-state index in [1.165, 1.54) is 4.90 Å². The zero-order valence-electron chi connectivity index (χ0n) is 11.9. The molecule has 20 heavy (non-hydrogen) atoms. The molecule has 0 spiro atoms. The highest BCUT2D eigenvalue weighted by molar-refractivity contribution is 9.10. The molecule has 0 bridgehead atoms. The Kier molecular flexibility index (Phi) is 6.44. The summed E-state index contributed by atoms with van der Waals surface area (Å²) in [5.41, 5.74) is 0.810. The van der Waals surface area contributed by atoms with Gasteiger partial charge in [-0.2, -0.15) is 0 Å². The molecule has 0 radical (unpaired) electrons. The second kappa shape index (κ2) is 7.84. The van der Waals surface area contributed by atoms with E-state index in [9.17, 15) is 9.59 Å². The van der Waals surface area contributed by atoms with Crippen molar-refractivity contribution in [3.63, 3.8) is 0 Å². The maximum absolute atomic E-state index is 11.9. The van der Waals surface area contributed by atoms with Gasteiger partial charge in [0.2, 0.25) is 5.91 Å². The molecule has 7 heteroatoms. The highest BCUT2D eigenvalue weighted by Gasteiger charge is 2.10. The molecule has 0 saturated heterocycles. The molecular weight excluding hydrogens is 324 g/mol. The Balaban J connectivity index is 2.45. The van der Waals surface area contributed by atoms with Gasteiger partial charge in [0, 0.05) is 31.5 Å². The van der Waals surface area contributed by atoms with Crippen LogP contribution in [-0.4, -0.2) is 42.5 Å². The zero-order chi connectivity index (χ0) is 15.1. The lowest BCUT2D eigenvalue weighted by atomic mass is 10.3. The van der Waals surface area contributed by atoms with Crippen LogP contribution in [0, 0.1) is 6.92 Å². The Morgan fingerprint density at radius 3 is 2.70 bits per heavy atom. The number of urea groups is 1. The number of nitrogens with zero attached hydrogens (tertiary/aromatic N) is 2. The first-order chi connectivity index (χ1) is 9.43. The van der Waals surface area contributed by atoms with Gasteiger partial charge in [-0.1, -0.05) is 0 Å². The third kappa shape index (κ3) is 5.16. The van der Waals surface area contributed by atoms with Crippen LogP contribution in [0.3, 0.4) is 0 Å². The van der Waals surface area contributed by atoms with Crippen LogP contribution in [0.25, 0.3) is 0 Å². The first kappa shape index (κ1) is 16.4. The minimum absolute atomic E-state index is 0.0241. The van der Waals surface area contributed by atoms with Crippen LogP contribution in [0.1, 0.15) is 18.5 Å². The highest BCUT2D eigenvalue weighted by atomic mass is 79.9. The normalized spacial score (nSPS) is 10.0. The summed E-state index contributed by atoms with van der Waals surface area (Å²) in [5, 5.41) is 5.26. The van der Waals surface area contributed by atoms with Gasteiger partial charge >= 0.3 is 6.03 Å². The SMILES string of the molecule is CNC(=O)CCCN(C)C(=O)Nc1ccc(Br)c(C)n1. The predicted octanol–water partition coefficient (Wildman–Crippen LogP) is 2.14. The number of aromatic nitrogens is 1. The fourth-order valence-corrected chi connectivity index (χ4v) is 1.74. The Bertz CT molecular complexity index is 493. The van der Waals surface area contributed by atoms with E-state index in [2.05, 4.69) is 31.5 Å². The van der Waals surface area contributed by atoms with Crippen molar-refractivity contribution in [3.05, 3.63) is 22.3 Å². The fourth-order valence-electron chi connectivity index (χ4n) is 1.52. The quantitative estimate of drug-likeness (QED) is 0.860. The van der Waals surface area contributed by atoms with Crippen LogP contribution in [0.2, 0.25) is 0 Å². The number of aryl methyl sites for hydroxylation is 1. The van der Waals surface area contributed by atoms with Crippen LogP contribution in [0.5, 0.6) is 0 Å². The molecule has 0 aromatic carbocycles. The molecular formula is C13H19BrN4O2. The number of halogens is 1. The van der Waals surface area contributed by atoms with E-state index in [-0.39, 0.29) is 11.9 Å². The topological polar surface area (TPSA) is 74.3 Å². The van der Waals surface area contributed by atoms with Crippen molar-refractivity contribution in [1.29, 1.82) is 0 Å². The summed E-state index contributed by atoms with van der Waals surface area (Å²) in [6, 6.07) is 3.33. The third-order valence-electron chi connectivity index (χ3n) is 2.78. The van der Waals surface area contributed by atoms with Crippen molar-refractivity contribution >= 4 is 33.7 Å². The average molecular weight is 343 g/mol. The standard InChI is InChI=1S/C13H19BrN4O2/c1-9-10(14)6-7-11(16-9)17-13(20)18(3)8-4-5-12(19)15-2/h6-7H,4-5,8H2,1-3H3,(H,15,19)(H,16,17,20). The van der Waals surface area contributed by atoms with Gasteiger partial charge in [-0.25, -0.2) is 9.78 Å². The first-order valence-electron chi connectivity index (χ1n) is 6.30. The average Bonchev–Trinajstić information content (AvgIpc) is 2.42. The van der Waals surface area contributed by atoms with Gasteiger partial charge < -0.3 is 10.2 Å². The summed E-state index contributed by atoms with van der Waals surface area (Å²) in [6.07, 6.45) is 1.03. The number of anilines is 1. The van der Waals surface area contributed by atoms with Gasteiger partial charge in [0.15, 0.2) is 0 Å². The van der Waals surface area contributed by atoms with Crippen LogP contribution >= 0.6 is 15.9 Å². The van der Waals surface area contributed by atoms with Crippen molar-refractivity contribution < 1.29 is 9.59 Å². The zero-order valence-corrected chi connectivity index (χ0v) is 13.5. The lowest BCUT2D eigenvalue weighted by Crippen LogP contribution is -2.33. The van der Waals surface area contributed by atoms with Gasteiger partial charge in [-0.05, 0) is 41.4 Å². The van der Waals surface area contributed by atoms with Gasteiger partial charge in [-0.3, -0.25) is 10.1 Å². The number of pyridine rings is 1. The van der Waals surface area contributed by atoms with Gasteiger partial charge in [0.1, 0.15) is 5.82 Å². The van der Waals surface area contributed by atoms with Crippen molar-refractivity contribution in [1.82, 2.24) is 15.2 Å². The number of hydrogen-bond acceptors (Lipinski definition) is 3. The lowest BCUT2D eigenvalue weighted by Gasteiger charge is -2.17. The highest BCUT2D eigenvalue weighted by Crippen LogP contribution is 2.16. The summed E-state index contributed by atoms with van der Waals surface area (Å²) in [4.78, 5) is 28.8. The molecule has 1 aromatic rings. The van der Waals surface area contributed by atoms with Crippen LogP contribution < -0.4 is 10.6 Å². The van der Waals surface area contributed by atoms with Crippen molar-refractivity contribution in [2.45, 2.75) is 19.8 Å². The summed E-state index contributed by atoms with van der Waals surface area (Å²) in [6.45, 7) is 2.36. The molecule has 0 aliphatic rings. The van der Waals surface area contributed by atoms with Crippen molar-refractivity contribution in [3.8, 4) is 0 Å². The molecule has 6 nitrogen and oxygen atoms in total. The third-order valence-corrected chi connectivity index (χ3v) is 3.62. The Labute approximate surface area is 127 Å². The van der Waals surface area contributed by atoms with E-state index in [0.717, 1.165) is 10.2 Å². The van der Waals surface area contributed by atoms with Crippen LogP contribution in [0.15, 0.2) is 16.6 Å². The monoisotopic (exact) mass is 342 g/mol. The molecule has 0 unspecified atom stereocenters. The number of rotatable bonds is 5.